The van der Waals surface area contributed by atoms with Crippen LogP contribution in [0.3, 0.4) is 0 Å². The second kappa shape index (κ2) is 8.37. The fraction of sp³-hybridized carbons (Fsp3) is 0.867. The Balaban J connectivity index is 1.62. The first-order valence-electron chi connectivity index (χ1n) is 8.02. The summed E-state index contributed by atoms with van der Waals surface area (Å²) >= 11 is 0. The molecule has 114 valence electrons. The lowest BCUT2D eigenvalue weighted by Gasteiger charge is -2.27. The molecule has 0 unspecified atom stereocenters. The van der Waals surface area contributed by atoms with Crippen LogP contribution in [0.1, 0.15) is 51.1 Å². The highest BCUT2D eigenvalue weighted by molar-refractivity contribution is 4.91. The summed E-state index contributed by atoms with van der Waals surface area (Å²) in [6.45, 7) is 5.15. The number of aromatic nitrogens is 3. The first-order valence-corrected chi connectivity index (χ1v) is 8.02. The van der Waals surface area contributed by atoms with E-state index >= 15 is 0 Å². The number of aryl methyl sites for hydroxylation is 1. The van der Waals surface area contributed by atoms with E-state index in [1.54, 1.807) is 4.68 Å². The van der Waals surface area contributed by atoms with Crippen LogP contribution in [0, 0.1) is 11.8 Å². The van der Waals surface area contributed by atoms with Crippen LogP contribution in [0.4, 0.5) is 0 Å². The maximum atomic E-state index is 8.78. The standard InChI is InChI=1S/C15H28N4O/c1-2-13-4-6-14(7-5-13)10-16-11-15-12-19(18-17-15)8-3-9-20/h12-14,16,20H,2-11H2,1H3. The minimum atomic E-state index is 0.202. The smallest absolute Gasteiger partial charge is 0.0964 e. The maximum Gasteiger partial charge on any atom is 0.0964 e. The molecule has 1 aliphatic rings. The number of aliphatic hydroxyl groups excluding tert-OH is 1. The molecule has 1 aliphatic carbocycles. The third-order valence-electron chi connectivity index (χ3n) is 4.41. The zero-order valence-corrected chi connectivity index (χ0v) is 12.6. The number of hydrogen-bond acceptors (Lipinski definition) is 4. The van der Waals surface area contributed by atoms with Gasteiger partial charge in [0.1, 0.15) is 0 Å². The molecule has 1 fully saturated rings. The number of rotatable bonds is 8. The SMILES string of the molecule is CCC1CCC(CNCc2cn(CCCO)nn2)CC1. The molecule has 1 heterocycles. The molecular weight excluding hydrogens is 252 g/mol. The summed E-state index contributed by atoms with van der Waals surface area (Å²) in [4.78, 5) is 0. The van der Waals surface area contributed by atoms with E-state index in [-0.39, 0.29) is 6.61 Å². The van der Waals surface area contributed by atoms with E-state index in [0.717, 1.165) is 43.6 Å². The molecule has 1 saturated carbocycles. The highest BCUT2D eigenvalue weighted by Crippen LogP contribution is 2.30. The second-order valence-electron chi connectivity index (χ2n) is 5.98. The molecule has 1 aromatic heterocycles. The molecule has 5 heteroatoms. The van der Waals surface area contributed by atoms with Crippen molar-refractivity contribution in [2.45, 2.75) is 58.5 Å². The number of aliphatic hydroxyl groups is 1. The fourth-order valence-corrected chi connectivity index (χ4v) is 3.01. The molecule has 1 aromatic rings. The van der Waals surface area contributed by atoms with Gasteiger partial charge in [-0.15, -0.1) is 5.10 Å². The number of nitrogens with one attached hydrogen (secondary N) is 1. The topological polar surface area (TPSA) is 63.0 Å². The molecule has 5 nitrogen and oxygen atoms in total. The van der Waals surface area contributed by atoms with E-state index in [1.165, 1.54) is 32.1 Å². The fourth-order valence-electron chi connectivity index (χ4n) is 3.01. The lowest BCUT2D eigenvalue weighted by atomic mass is 9.81. The van der Waals surface area contributed by atoms with E-state index in [0.29, 0.717) is 0 Å². The molecular formula is C15H28N4O. The summed E-state index contributed by atoms with van der Waals surface area (Å²) in [6.07, 6.45) is 9.59. The van der Waals surface area contributed by atoms with Gasteiger partial charge in [-0.3, -0.25) is 4.68 Å². The Kier molecular flexibility index (Phi) is 6.47. The van der Waals surface area contributed by atoms with Gasteiger partial charge >= 0.3 is 0 Å². The highest BCUT2D eigenvalue weighted by atomic mass is 16.3. The first kappa shape index (κ1) is 15.4. The summed E-state index contributed by atoms with van der Waals surface area (Å²) in [6, 6.07) is 0. The number of nitrogens with zero attached hydrogens (tertiary/aromatic N) is 3. The van der Waals surface area contributed by atoms with Crippen LogP contribution in [0.5, 0.6) is 0 Å². The van der Waals surface area contributed by atoms with Gasteiger partial charge in [-0.2, -0.15) is 0 Å². The third-order valence-corrected chi connectivity index (χ3v) is 4.41. The minimum absolute atomic E-state index is 0.202. The van der Waals surface area contributed by atoms with Gasteiger partial charge in [0.15, 0.2) is 0 Å². The Morgan fingerprint density at radius 3 is 2.75 bits per heavy atom. The van der Waals surface area contributed by atoms with Gasteiger partial charge in [0, 0.05) is 25.9 Å². The van der Waals surface area contributed by atoms with E-state index in [1.807, 2.05) is 6.20 Å². The summed E-state index contributed by atoms with van der Waals surface area (Å²) < 4.78 is 1.81. The van der Waals surface area contributed by atoms with Crippen LogP contribution in [-0.4, -0.2) is 33.3 Å². The van der Waals surface area contributed by atoms with Crippen molar-refractivity contribution >= 4 is 0 Å². The Morgan fingerprint density at radius 1 is 1.30 bits per heavy atom. The van der Waals surface area contributed by atoms with Crippen molar-refractivity contribution in [3.63, 3.8) is 0 Å². The van der Waals surface area contributed by atoms with Crippen molar-refractivity contribution in [3.05, 3.63) is 11.9 Å². The molecule has 2 rings (SSSR count). The molecule has 0 amide bonds. The van der Waals surface area contributed by atoms with Gasteiger partial charge < -0.3 is 10.4 Å². The average molecular weight is 280 g/mol. The van der Waals surface area contributed by atoms with E-state index < -0.39 is 0 Å². The van der Waals surface area contributed by atoms with Crippen molar-refractivity contribution in [1.82, 2.24) is 20.3 Å². The van der Waals surface area contributed by atoms with Gasteiger partial charge in [0.05, 0.1) is 5.69 Å². The van der Waals surface area contributed by atoms with Crippen molar-refractivity contribution in [3.8, 4) is 0 Å². The van der Waals surface area contributed by atoms with Crippen molar-refractivity contribution < 1.29 is 5.11 Å². The van der Waals surface area contributed by atoms with Crippen LogP contribution in [0.25, 0.3) is 0 Å². The zero-order valence-electron chi connectivity index (χ0n) is 12.6. The third kappa shape index (κ3) is 4.87. The Labute approximate surface area is 121 Å². The quantitative estimate of drug-likeness (QED) is 0.764. The van der Waals surface area contributed by atoms with Crippen LogP contribution < -0.4 is 5.32 Å². The molecule has 0 aromatic carbocycles. The van der Waals surface area contributed by atoms with Gasteiger partial charge in [-0.05, 0) is 37.6 Å². The Morgan fingerprint density at radius 2 is 2.05 bits per heavy atom. The van der Waals surface area contributed by atoms with E-state index in [2.05, 4.69) is 22.6 Å². The Bertz CT molecular complexity index is 372. The summed E-state index contributed by atoms with van der Waals surface area (Å²) in [5.41, 5.74) is 0.991. The van der Waals surface area contributed by atoms with Crippen molar-refractivity contribution in [2.24, 2.45) is 11.8 Å². The van der Waals surface area contributed by atoms with Crippen molar-refractivity contribution in [1.29, 1.82) is 0 Å². The minimum Gasteiger partial charge on any atom is -0.396 e. The van der Waals surface area contributed by atoms with Gasteiger partial charge in [-0.25, -0.2) is 0 Å². The number of hydrogen-bond donors (Lipinski definition) is 2. The normalized spacial score (nSPS) is 23.1. The first-order chi connectivity index (χ1) is 9.81. The average Bonchev–Trinajstić information content (AvgIpc) is 2.94. The van der Waals surface area contributed by atoms with Gasteiger partial charge in [0.2, 0.25) is 0 Å². The second-order valence-corrected chi connectivity index (χ2v) is 5.98. The van der Waals surface area contributed by atoms with Crippen LogP contribution >= 0.6 is 0 Å². The molecule has 0 atom stereocenters. The molecule has 2 N–H and O–H groups in total. The van der Waals surface area contributed by atoms with Crippen LogP contribution in [-0.2, 0) is 13.1 Å². The molecule has 0 saturated heterocycles. The molecule has 0 bridgehead atoms. The predicted molar refractivity (Wildman–Crippen MR) is 79.2 cm³/mol. The largest absolute Gasteiger partial charge is 0.396 e. The summed E-state index contributed by atoms with van der Waals surface area (Å²) in [5, 5.41) is 20.5. The molecule has 0 aliphatic heterocycles. The molecule has 0 spiro atoms. The van der Waals surface area contributed by atoms with Gasteiger partial charge in [0.25, 0.3) is 0 Å². The molecule has 0 radical (unpaired) electrons. The lowest BCUT2D eigenvalue weighted by molar-refractivity contribution is 0.262. The van der Waals surface area contributed by atoms with E-state index in [9.17, 15) is 0 Å². The van der Waals surface area contributed by atoms with Gasteiger partial charge in [-0.1, -0.05) is 31.4 Å². The molecule has 20 heavy (non-hydrogen) atoms. The highest BCUT2D eigenvalue weighted by Gasteiger charge is 2.19. The van der Waals surface area contributed by atoms with Crippen molar-refractivity contribution in [2.75, 3.05) is 13.2 Å². The monoisotopic (exact) mass is 280 g/mol. The zero-order chi connectivity index (χ0) is 14.2. The van der Waals surface area contributed by atoms with Crippen LogP contribution in [0.2, 0.25) is 0 Å². The van der Waals surface area contributed by atoms with Crippen LogP contribution in [0.15, 0.2) is 6.20 Å². The van der Waals surface area contributed by atoms with E-state index in [4.69, 9.17) is 5.11 Å². The maximum absolute atomic E-state index is 8.78. The summed E-state index contributed by atoms with van der Waals surface area (Å²) in [5.74, 6) is 1.81. The lowest BCUT2D eigenvalue weighted by Crippen LogP contribution is -2.26. The predicted octanol–water partition coefficient (Wildman–Crippen LogP) is 1.97. The summed E-state index contributed by atoms with van der Waals surface area (Å²) in [7, 11) is 0. The Hall–Kier alpha value is -0.940.